The van der Waals surface area contributed by atoms with Crippen LogP contribution in [0.2, 0.25) is 10.0 Å². The van der Waals surface area contributed by atoms with Gasteiger partial charge in [-0.25, -0.2) is 12.8 Å². The monoisotopic (exact) mass is 389 g/mol. The van der Waals surface area contributed by atoms with Crippen LogP contribution in [0.3, 0.4) is 0 Å². The lowest BCUT2D eigenvalue weighted by Crippen LogP contribution is -2.33. The van der Waals surface area contributed by atoms with Gasteiger partial charge in [-0.1, -0.05) is 29.3 Å². The van der Waals surface area contributed by atoms with Gasteiger partial charge in [0.1, 0.15) is 11.1 Å². The fourth-order valence-electron chi connectivity index (χ4n) is 1.94. The summed E-state index contributed by atoms with van der Waals surface area (Å²) in [4.78, 5) is 12.2. The van der Waals surface area contributed by atoms with Gasteiger partial charge in [0.25, 0.3) is 0 Å². The lowest BCUT2D eigenvalue weighted by molar-refractivity contribution is -0.115. The molecule has 1 amide bonds. The van der Waals surface area contributed by atoms with Crippen molar-refractivity contribution in [1.82, 2.24) is 0 Å². The highest BCUT2D eigenvalue weighted by Gasteiger charge is 2.30. The minimum absolute atomic E-state index is 0.00360. The van der Waals surface area contributed by atoms with Crippen molar-refractivity contribution in [1.29, 1.82) is 0 Å². The number of sulfone groups is 1. The maximum Gasteiger partial charge on any atom is 0.242 e. The molecule has 0 aromatic heterocycles. The zero-order valence-electron chi connectivity index (χ0n) is 12.6. The summed E-state index contributed by atoms with van der Waals surface area (Å²) in [5.41, 5.74) is 0.265. The van der Waals surface area contributed by atoms with Gasteiger partial charge in [0, 0.05) is 21.3 Å². The molecule has 0 aliphatic rings. The summed E-state index contributed by atoms with van der Waals surface area (Å²) in [5.74, 6) is -2.10. The zero-order chi connectivity index (χ0) is 17.9. The molecule has 0 saturated heterocycles. The fourth-order valence-corrected chi connectivity index (χ4v) is 3.70. The van der Waals surface area contributed by atoms with E-state index in [9.17, 15) is 17.6 Å². The number of hydrogen-bond donors (Lipinski definition) is 1. The second-order valence-electron chi connectivity index (χ2n) is 5.15. The van der Waals surface area contributed by atoms with E-state index in [1.54, 1.807) is 24.3 Å². The van der Waals surface area contributed by atoms with Crippen LogP contribution in [0.5, 0.6) is 0 Å². The van der Waals surface area contributed by atoms with Gasteiger partial charge in [0.2, 0.25) is 5.91 Å². The number of halogens is 3. The van der Waals surface area contributed by atoms with E-state index in [0.717, 1.165) is 6.07 Å². The number of hydrogen-bond acceptors (Lipinski definition) is 3. The molecule has 0 saturated carbocycles. The largest absolute Gasteiger partial charge is 0.325 e. The topological polar surface area (TPSA) is 63.2 Å². The lowest BCUT2D eigenvalue weighted by Gasteiger charge is -2.14. The van der Waals surface area contributed by atoms with Crippen LogP contribution in [-0.2, 0) is 20.4 Å². The summed E-state index contributed by atoms with van der Waals surface area (Å²) >= 11 is 11.6. The Balaban J connectivity index is 2.16. The van der Waals surface area contributed by atoms with Gasteiger partial charge < -0.3 is 5.32 Å². The van der Waals surface area contributed by atoms with E-state index in [1.165, 1.54) is 19.1 Å². The van der Waals surface area contributed by atoms with Crippen LogP contribution in [0.15, 0.2) is 42.5 Å². The molecule has 2 rings (SSSR count). The summed E-state index contributed by atoms with van der Waals surface area (Å²) in [6, 6.07) is 10.1. The molecule has 24 heavy (non-hydrogen) atoms. The third-order valence-electron chi connectivity index (χ3n) is 3.43. The average Bonchev–Trinajstić information content (AvgIpc) is 2.52. The molecule has 1 N–H and O–H groups in total. The second kappa shape index (κ2) is 7.51. The first-order valence-corrected chi connectivity index (χ1v) is 9.39. The van der Waals surface area contributed by atoms with Crippen LogP contribution < -0.4 is 5.32 Å². The van der Waals surface area contributed by atoms with E-state index in [4.69, 9.17) is 23.2 Å². The Labute approximate surface area is 149 Å². The average molecular weight is 390 g/mol. The van der Waals surface area contributed by atoms with Gasteiger partial charge >= 0.3 is 0 Å². The first kappa shape index (κ1) is 18.7. The molecule has 0 bridgehead atoms. The number of rotatable bonds is 5. The van der Waals surface area contributed by atoms with Crippen LogP contribution in [-0.4, -0.2) is 19.6 Å². The van der Waals surface area contributed by atoms with Crippen molar-refractivity contribution < 1.29 is 17.6 Å². The van der Waals surface area contributed by atoms with Crippen LogP contribution in [0.25, 0.3) is 0 Å². The van der Waals surface area contributed by atoms with E-state index in [-0.39, 0.29) is 10.6 Å². The standard InChI is InChI=1S/C16H14Cl2FNO3S/c1-10(16(21)20-12-7-5-11(17)6-8-12)24(22,23)9-13-14(18)3-2-4-15(13)19/h2-8,10H,9H2,1H3,(H,20,21)/t10-/m0/s1. The highest BCUT2D eigenvalue weighted by Crippen LogP contribution is 2.23. The smallest absolute Gasteiger partial charge is 0.242 e. The molecule has 0 radical (unpaired) electrons. The SMILES string of the molecule is C[C@@H](C(=O)Nc1ccc(Cl)cc1)S(=O)(=O)Cc1c(F)cccc1Cl. The van der Waals surface area contributed by atoms with Crippen molar-refractivity contribution in [2.75, 3.05) is 5.32 Å². The van der Waals surface area contributed by atoms with E-state index >= 15 is 0 Å². The van der Waals surface area contributed by atoms with Gasteiger partial charge in [-0.3, -0.25) is 4.79 Å². The van der Waals surface area contributed by atoms with Gasteiger partial charge in [-0.05, 0) is 43.3 Å². The molecule has 1 atom stereocenters. The first-order chi connectivity index (χ1) is 11.2. The number of nitrogens with one attached hydrogen (secondary N) is 1. The van der Waals surface area contributed by atoms with Crippen molar-refractivity contribution in [2.45, 2.75) is 17.9 Å². The zero-order valence-corrected chi connectivity index (χ0v) is 14.9. The lowest BCUT2D eigenvalue weighted by atomic mass is 10.2. The van der Waals surface area contributed by atoms with Crippen molar-refractivity contribution in [3.8, 4) is 0 Å². The van der Waals surface area contributed by atoms with Gasteiger partial charge in [-0.2, -0.15) is 0 Å². The summed E-state index contributed by atoms with van der Waals surface area (Å²) in [6.45, 7) is 1.25. The Morgan fingerprint density at radius 3 is 2.38 bits per heavy atom. The Morgan fingerprint density at radius 2 is 1.79 bits per heavy atom. The van der Waals surface area contributed by atoms with Gasteiger partial charge in [0.15, 0.2) is 9.84 Å². The number of carbonyl (C=O) groups excluding carboxylic acids is 1. The van der Waals surface area contributed by atoms with Crippen LogP contribution >= 0.6 is 23.2 Å². The molecule has 2 aromatic carbocycles. The van der Waals surface area contributed by atoms with Gasteiger partial charge in [-0.15, -0.1) is 0 Å². The third kappa shape index (κ3) is 4.47. The predicted octanol–water partition coefficient (Wildman–Crippen LogP) is 4.07. The summed E-state index contributed by atoms with van der Waals surface area (Å²) in [6.07, 6.45) is 0. The number of anilines is 1. The van der Waals surface area contributed by atoms with Crippen molar-refractivity contribution in [2.24, 2.45) is 0 Å². The molecule has 0 fully saturated rings. The number of amides is 1. The van der Waals surface area contributed by atoms with Gasteiger partial charge in [0.05, 0.1) is 5.75 Å². The molecule has 0 aliphatic carbocycles. The Hall–Kier alpha value is -1.63. The van der Waals surface area contributed by atoms with Crippen molar-refractivity contribution in [3.05, 3.63) is 63.9 Å². The molecule has 0 aliphatic heterocycles. The molecule has 2 aromatic rings. The minimum atomic E-state index is -3.95. The third-order valence-corrected chi connectivity index (χ3v) is 6.02. The summed E-state index contributed by atoms with van der Waals surface area (Å²) < 4.78 is 38.5. The maximum absolute atomic E-state index is 13.8. The summed E-state index contributed by atoms with van der Waals surface area (Å²) in [5, 5.41) is 1.61. The van der Waals surface area contributed by atoms with Crippen molar-refractivity contribution >= 4 is 44.6 Å². The molecule has 128 valence electrons. The van der Waals surface area contributed by atoms with Crippen molar-refractivity contribution in [3.63, 3.8) is 0 Å². The Kier molecular flexibility index (Phi) is 5.85. The molecule has 0 unspecified atom stereocenters. The minimum Gasteiger partial charge on any atom is -0.325 e. The molecule has 8 heteroatoms. The predicted molar refractivity (Wildman–Crippen MR) is 93.6 cm³/mol. The molecule has 4 nitrogen and oxygen atoms in total. The molecule has 0 spiro atoms. The quantitative estimate of drug-likeness (QED) is 0.837. The molecule has 0 heterocycles. The van der Waals surface area contributed by atoms with Crippen LogP contribution in [0, 0.1) is 5.82 Å². The normalized spacial score (nSPS) is 12.7. The van der Waals surface area contributed by atoms with Crippen LogP contribution in [0.1, 0.15) is 12.5 Å². The van der Waals surface area contributed by atoms with Crippen LogP contribution in [0.4, 0.5) is 10.1 Å². The fraction of sp³-hybridized carbons (Fsp3) is 0.188. The Bertz CT molecular complexity index is 834. The Morgan fingerprint density at radius 1 is 1.17 bits per heavy atom. The van der Waals surface area contributed by atoms with E-state index in [2.05, 4.69) is 5.32 Å². The van der Waals surface area contributed by atoms with E-state index in [0.29, 0.717) is 10.7 Å². The first-order valence-electron chi connectivity index (χ1n) is 6.91. The second-order valence-corrected chi connectivity index (χ2v) is 8.31. The number of carbonyl (C=O) groups is 1. The molecular weight excluding hydrogens is 376 g/mol. The number of benzene rings is 2. The van der Waals surface area contributed by atoms with E-state index in [1.807, 2.05) is 0 Å². The maximum atomic E-state index is 13.8. The molecular formula is C16H14Cl2FNO3S. The highest BCUT2D eigenvalue weighted by atomic mass is 35.5. The van der Waals surface area contributed by atoms with E-state index < -0.39 is 32.6 Å². The summed E-state index contributed by atoms with van der Waals surface area (Å²) in [7, 11) is -3.95. The highest BCUT2D eigenvalue weighted by molar-refractivity contribution is 7.92.